The molecule has 6 nitrogen and oxygen atoms in total. The van der Waals surface area contributed by atoms with Gasteiger partial charge in [-0.25, -0.2) is 9.78 Å². The summed E-state index contributed by atoms with van der Waals surface area (Å²) in [6, 6.07) is 7.42. The Kier molecular flexibility index (Phi) is 5.63. The van der Waals surface area contributed by atoms with E-state index in [1.165, 1.54) is 4.68 Å². The summed E-state index contributed by atoms with van der Waals surface area (Å²) in [4.78, 5) is 19.0. The fraction of sp³-hybridized carbons (Fsp3) is 0.500. The molecule has 0 radical (unpaired) electrons. The van der Waals surface area contributed by atoms with Crippen LogP contribution < -0.4 is 11.1 Å². The number of aromatic nitrogens is 2. The van der Waals surface area contributed by atoms with Gasteiger partial charge < -0.3 is 0 Å². The second-order valence-corrected chi connectivity index (χ2v) is 5.13. The van der Waals surface area contributed by atoms with Gasteiger partial charge >= 0.3 is 5.56 Å². The van der Waals surface area contributed by atoms with Gasteiger partial charge in [0.1, 0.15) is 6.54 Å². The summed E-state index contributed by atoms with van der Waals surface area (Å²) in [7, 11) is 0. The molecule has 0 aliphatic carbocycles. The number of aryl methyl sites for hydroxylation is 1. The van der Waals surface area contributed by atoms with Crippen LogP contribution in [-0.4, -0.2) is 27.6 Å². The maximum absolute atomic E-state index is 12.7. The second kappa shape index (κ2) is 7.68. The average molecular weight is 302 g/mol. The summed E-state index contributed by atoms with van der Waals surface area (Å²) in [6.45, 7) is 7.61. The van der Waals surface area contributed by atoms with E-state index in [1.807, 2.05) is 25.1 Å². The Balaban J connectivity index is 2.49. The highest BCUT2D eigenvalue weighted by Gasteiger charge is 2.16. The summed E-state index contributed by atoms with van der Waals surface area (Å²) in [5.41, 5.74) is 3.75. The van der Waals surface area contributed by atoms with Crippen molar-refractivity contribution in [1.29, 1.82) is 0 Å². The lowest BCUT2D eigenvalue weighted by Crippen LogP contribution is -2.38. The van der Waals surface area contributed by atoms with Gasteiger partial charge in [-0.1, -0.05) is 47.9 Å². The lowest BCUT2D eigenvalue weighted by molar-refractivity contribution is -0.579. The first kappa shape index (κ1) is 16.1. The zero-order chi connectivity index (χ0) is 15.9. The third-order valence-corrected chi connectivity index (χ3v) is 3.31. The van der Waals surface area contributed by atoms with Gasteiger partial charge in [-0.2, -0.15) is 0 Å². The summed E-state index contributed by atoms with van der Waals surface area (Å²) in [5.74, 6) is 0.705. The van der Waals surface area contributed by atoms with Crippen LogP contribution in [0.5, 0.6) is 0 Å². The molecule has 0 fully saturated rings. The molecule has 0 spiro atoms. The maximum atomic E-state index is 12.7. The zero-order valence-corrected chi connectivity index (χ0v) is 13.5. The number of rotatable bonds is 7. The maximum Gasteiger partial charge on any atom is 0.367 e. The van der Waals surface area contributed by atoms with Crippen molar-refractivity contribution in [2.75, 3.05) is 18.6 Å². The SMILES string of the molecule is CCCN=[N+](CCC)Nn1c(CC)nc2ccccc2c1=O. The smallest absolute Gasteiger partial charge is 0.238 e. The molecular weight excluding hydrogens is 278 g/mol. The van der Waals surface area contributed by atoms with E-state index in [2.05, 4.69) is 29.5 Å². The summed E-state index contributed by atoms with van der Waals surface area (Å²) in [5, 5.41) is 5.07. The van der Waals surface area contributed by atoms with E-state index in [9.17, 15) is 4.79 Å². The van der Waals surface area contributed by atoms with Crippen LogP contribution >= 0.6 is 0 Å². The minimum atomic E-state index is -0.0877. The predicted octanol–water partition coefficient (Wildman–Crippen LogP) is 2.70. The molecule has 2 rings (SSSR count). The molecular formula is C16H24N5O+. The molecule has 0 saturated carbocycles. The second-order valence-electron chi connectivity index (χ2n) is 5.13. The highest BCUT2D eigenvalue weighted by molar-refractivity contribution is 5.77. The topological polar surface area (TPSA) is 62.3 Å². The molecule has 6 heteroatoms. The molecule has 1 heterocycles. The van der Waals surface area contributed by atoms with Crippen molar-refractivity contribution < 1.29 is 4.81 Å². The van der Waals surface area contributed by atoms with Crippen molar-refractivity contribution in [2.24, 2.45) is 5.11 Å². The zero-order valence-electron chi connectivity index (χ0n) is 13.5. The van der Waals surface area contributed by atoms with Crippen LogP contribution in [0.1, 0.15) is 39.4 Å². The number of fused-ring (bicyclic) bond motifs is 1. The van der Waals surface area contributed by atoms with Gasteiger partial charge in [0.05, 0.1) is 17.4 Å². The van der Waals surface area contributed by atoms with Crippen LogP contribution in [0.3, 0.4) is 0 Å². The van der Waals surface area contributed by atoms with E-state index in [0.717, 1.165) is 31.4 Å². The molecule has 0 saturated heterocycles. The summed E-state index contributed by atoms with van der Waals surface area (Å²) < 4.78 is 1.51. The van der Waals surface area contributed by atoms with E-state index in [-0.39, 0.29) is 5.56 Å². The van der Waals surface area contributed by atoms with Crippen molar-refractivity contribution in [2.45, 2.75) is 40.0 Å². The van der Waals surface area contributed by atoms with E-state index in [4.69, 9.17) is 0 Å². The molecule has 0 aliphatic rings. The van der Waals surface area contributed by atoms with Crippen LogP contribution in [0.15, 0.2) is 34.2 Å². The van der Waals surface area contributed by atoms with Gasteiger partial charge in [0.2, 0.25) is 5.82 Å². The first-order valence-corrected chi connectivity index (χ1v) is 7.93. The van der Waals surface area contributed by atoms with E-state index < -0.39 is 0 Å². The predicted molar refractivity (Wildman–Crippen MR) is 87.7 cm³/mol. The molecule has 1 aromatic heterocycles. The Bertz CT molecular complexity index is 720. The van der Waals surface area contributed by atoms with E-state index >= 15 is 0 Å². The van der Waals surface area contributed by atoms with Crippen molar-refractivity contribution >= 4 is 10.9 Å². The molecule has 0 bridgehead atoms. The van der Waals surface area contributed by atoms with Gasteiger partial charge in [0.25, 0.3) is 0 Å². The van der Waals surface area contributed by atoms with Crippen molar-refractivity contribution in [3.05, 3.63) is 40.4 Å². The molecule has 2 aromatic rings. The number of benzene rings is 1. The molecule has 0 atom stereocenters. The largest absolute Gasteiger partial charge is 0.367 e. The third kappa shape index (κ3) is 3.50. The van der Waals surface area contributed by atoms with Crippen molar-refractivity contribution in [3.8, 4) is 0 Å². The van der Waals surface area contributed by atoms with Gasteiger partial charge in [0, 0.05) is 6.42 Å². The van der Waals surface area contributed by atoms with Gasteiger partial charge in [-0.3, -0.25) is 0 Å². The minimum absolute atomic E-state index is 0.0877. The van der Waals surface area contributed by atoms with E-state index in [1.54, 1.807) is 10.9 Å². The van der Waals surface area contributed by atoms with Crippen LogP contribution in [-0.2, 0) is 6.42 Å². The molecule has 0 amide bonds. The molecule has 118 valence electrons. The Labute approximate surface area is 130 Å². The normalized spacial score (nSPS) is 11.9. The van der Waals surface area contributed by atoms with Crippen molar-refractivity contribution in [3.63, 3.8) is 0 Å². The quantitative estimate of drug-likeness (QED) is 0.486. The molecule has 22 heavy (non-hydrogen) atoms. The van der Waals surface area contributed by atoms with Gasteiger partial charge in [-0.05, 0) is 25.0 Å². The Morgan fingerprint density at radius 2 is 2.00 bits per heavy atom. The standard InChI is InChI=1S/C16H24N5O/c1-4-11-17-20(12-5-2)19-21-15(6-3)18-14-10-8-7-9-13(14)16(21)22/h7-10H,4-6,11-12H2,1-3H3,(H,17,19)/q+1. The number of hydrogen-bond donors (Lipinski definition) is 1. The molecule has 0 aliphatic heterocycles. The average Bonchev–Trinajstić information content (AvgIpc) is 2.55. The summed E-state index contributed by atoms with van der Waals surface area (Å²) >= 11 is 0. The van der Waals surface area contributed by atoms with Crippen LogP contribution in [0, 0.1) is 0 Å². The molecule has 1 aromatic carbocycles. The first-order valence-electron chi connectivity index (χ1n) is 7.93. The number of para-hydroxylation sites is 1. The lowest BCUT2D eigenvalue weighted by atomic mass is 10.2. The third-order valence-electron chi connectivity index (χ3n) is 3.31. The highest BCUT2D eigenvalue weighted by atomic mass is 16.1. The Hall–Kier alpha value is -2.24. The lowest BCUT2D eigenvalue weighted by Gasteiger charge is -2.09. The number of nitrogens with zero attached hydrogens (tertiary/aromatic N) is 4. The Morgan fingerprint density at radius 3 is 2.68 bits per heavy atom. The fourth-order valence-electron chi connectivity index (χ4n) is 2.22. The fourth-order valence-corrected chi connectivity index (χ4v) is 2.22. The number of nitrogens with one attached hydrogen (secondary N) is 1. The van der Waals surface area contributed by atoms with Crippen molar-refractivity contribution in [1.82, 2.24) is 9.66 Å². The number of azo groups is 1. The van der Waals surface area contributed by atoms with Crippen LogP contribution in [0.2, 0.25) is 0 Å². The molecule has 0 unspecified atom stereocenters. The van der Waals surface area contributed by atoms with Crippen LogP contribution in [0.25, 0.3) is 10.9 Å². The minimum Gasteiger partial charge on any atom is -0.238 e. The van der Waals surface area contributed by atoms with Gasteiger partial charge in [0.15, 0.2) is 0 Å². The van der Waals surface area contributed by atoms with E-state index in [0.29, 0.717) is 17.6 Å². The summed E-state index contributed by atoms with van der Waals surface area (Å²) in [6.07, 6.45) is 2.58. The number of hydrazine groups is 1. The Morgan fingerprint density at radius 1 is 1.23 bits per heavy atom. The highest BCUT2D eigenvalue weighted by Crippen LogP contribution is 2.07. The monoisotopic (exact) mass is 302 g/mol. The number of hydrogen-bond acceptors (Lipinski definition) is 3. The van der Waals surface area contributed by atoms with Crippen LogP contribution in [0.4, 0.5) is 0 Å². The molecule has 1 N–H and O–H groups in total. The first-order chi connectivity index (χ1) is 10.7. The van der Waals surface area contributed by atoms with Gasteiger partial charge in [-0.15, -0.1) is 5.11 Å².